The van der Waals surface area contributed by atoms with Gasteiger partial charge in [-0.2, -0.15) is 0 Å². The molecule has 0 radical (unpaired) electrons. The first-order chi connectivity index (χ1) is 11.2. The molecule has 3 heteroatoms. The number of nitrogens with zero attached hydrogens (tertiary/aromatic N) is 1. The van der Waals surface area contributed by atoms with Gasteiger partial charge < -0.3 is 9.64 Å². The Bertz CT molecular complexity index is 719. The highest BCUT2D eigenvalue weighted by molar-refractivity contribution is 14.1. The van der Waals surface area contributed by atoms with Crippen molar-refractivity contribution in [1.82, 2.24) is 0 Å². The number of methoxy groups -OCH3 is 1. The molecule has 2 nitrogen and oxygen atoms in total. The van der Waals surface area contributed by atoms with Crippen molar-refractivity contribution < 1.29 is 4.74 Å². The van der Waals surface area contributed by atoms with E-state index in [4.69, 9.17) is 4.74 Å². The fourth-order valence-electron chi connectivity index (χ4n) is 2.46. The van der Waals surface area contributed by atoms with Gasteiger partial charge in [0.05, 0.1) is 7.11 Å². The van der Waals surface area contributed by atoms with Crippen molar-refractivity contribution in [3.63, 3.8) is 0 Å². The third-order valence-corrected chi connectivity index (χ3v) is 4.43. The van der Waals surface area contributed by atoms with Crippen LogP contribution in [-0.2, 0) is 0 Å². The van der Waals surface area contributed by atoms with E-state index in [2.05, 4.69) is 95.1 Å². The predicted octanol–water partition coefficient (Wildman–Crippen LogP) is 6.08. The smallest absolute Gasteiger partial charge is 0.119 e. The lowest BCUT2D eigenvalue weighted by Crippen LogP contribution is -2.09. The molecular weight excluding hydrogens is 397 g/mol. The molecule has 0 bridgehead atoms. The van der Waals surface area contributed by atoms with Crippen LogP contribution in [0.15, 0.2) is 72.8 Å². The maximum Gasteiger partial charge on any atom is 0.119 e. The number of halogens is 1. The average molecular weight is 415 g/mol. The molecule has 116 valence electrons. The van der Waals surface area contributed by atoms with E-state index < -0.39 is 0 Å². The molecule has 3 aromatic carbocycles. The number of hydrogen-bond donors (Lipinski definition) is 0. The molecule has 0 aliphatic heterocycles. The molecule has 0 unspecified atom stereocenters. The topological polar surface area (TPSA) is 12.5 Å². The zero-order valence-corrected chi connectivity index (χ0v) is 15.3. The molecule has 0 N–H and O–H groups in total. The Hall–Kier alpha value is -2.01. The predicted molar refractivity (Wildman–Crippen MR) is 105 cm³/mol. The molecule has 23 heavy (non-hydrogen) atoms. The highest BCUT2D eigenvalue weighted by Crippen LogP contribution is 2.35. The van der Waals surface area contributed by atoms with Gasteiger partial charge in [-0.25, -0.2) is 0 Å². The molecule has 0 saturated carbocycles. The molecule has 0 fully saturated rings. The monoisotopic (exact) mass is 415 g/mol. The maximum absolute atomic E-state index is 5.27. The minimum Gasteiger partial charge on any atom is -0.497 e. The number of hydrogen-bond acceptors (Lipinski definition) is 2. The van der Waals surface area contributed by atoms with Crippen LogP contribution in [0.1, 0.15) is 5.56 Å². The van der Waals surface area contributed by atoms with Gasteiger partial charge in [0.2, 0.25) is 0 Å². The van der Waals surface area contributed by atoms with Crippen LogP contribution in [0.5, 0.6) is 5.75 Å². The number of aryl methyl sites for hydroxylation is 1. The molecule has 3 aromatic rings. The van der Waals surface area contributed by atoms with Crippen LogP contribution in [0.3, 0.4) is 0 Å². The Morgan fingerprint density at radius 2 is 1.13 bits per heavy atom. The van der Waals surface area contributed by atoms with Gasteiger partial charge in [-0.15, -0.1) is 0 Å². The van der Waals surface area contributed by atoms with Crippen molar-refractivity contribution in [2.24, 2.45) is 0 Å². The quantitative estimate of drug-likeness (QED) is 0.479. The summed E-state index contributed by atoms with van der Waals surface area (Å²) in [5.74, 6) is 0.861. The van der Waals surface area contributed by atoms with E-state index in [0.29, 0.717) is 0 Å². The standard InChI is InChI=1S/C20H18INO/c1-15-3-7-17(8-4-15)22(18-9-5-16(21)6-10-18)19-11-13-20(23-2)14-12-19/h3-14H,1-2H3. The number of benzene rings is 3. The Morgan fingerprint density at radius 3 is 1.61 bits per heavy atom. The molecular formula is C20H18INO. The molecule has 0 atom stereocenters. The number of ether oxygens (including phenoxy) is 1. The summed E-state index contributed by atoms with van der Waals surface area (Å²) < 4.78 is 6.50. The minimum atomic E-state index is 0.861. The van der Waals surface area contributed by atoms with Gasteiger partial charge in [0.25, 0.3) is 0 Å². The van der Waals surface area contributed by atoms with Crippen molar-refractivity contribution in [2.75, 3.05) is 12.0 Å². The summed E-state index contributed by atoms with van der Waals surface area (Å²) in [6.45, 7) is 2.10. The Morgan fingerprint density at radius 1 is 0.696 bits per heavy atom. The van der Waals surface area contributed by atoms with Gasteiger partial charge in [-0.05, 0) is 90.2 Å². The highest BCUT2D eigenvalue weighted by Gasteiger charge is 2.12. The largest absolute Gasteiger partial charge is 0.497 e. The zero-order chi connectivity index (χ0) is 16.2. The van der Waals surface area contributed by atoms with E-state index in [1.54, 1.807) is 7.11 Å². The van der Waals surface area contributed by atoms with Crippen LogP contribution in [0.25, 0.3) is 0 Å². The Labute approximate surface area is 150 Å². The molecule has 0 aliphatic carbocycles. The first-order valence-electron chi connectivity index (χ1n) is 7.44. The summed E-state index contributed by atoms with van der Waals surface area (Å²) in [4.78, 5) is 2.24. The second-order valence-corrected chi connectivity index (χ2v) is 6.59. The number of rotatable bonds is 4. The van der Waals surface area contributed by atoms with E-state index >= 15 is 0 Å². The van der Waals surface area contributed by atoms with Crippen molar-refractivity contribution >= 4 is 39.7 Å². The highest BCUT2D eigenvalue weighted by atomic mass is 127. The average Bonchev–Trinajstić information content (AvgIpc) is 2.59. The van der Waals surface area contributed by atoms with Gasteiger partial charge in [-0.3, -0.25) is 0 Å². The second-order valence-electron chi connectivity index (χ2n) is 5.35. The van der Waals surface area contributed by atoms with Crippen LogP contribution in [0.2, 0.25) is 0 Å². The molecule has 0 aromatic heterocycles. The minimum absolute atomic E-state index is 0.861. The summed E-state index contributed by atoms with van der Waals surface area (Å²) >= 11 is 2.33. The molecule has 0 spiro atoms. The van der Waals surface area contributed by atoms with Gasteiger partial charge in [0.15, 0.2) is 0 Å². The van der Waals surface area contributed by atoms with E-state index in [9.17, 15) is 0 Å². The van der Waals surface area contributed by atoms with Gasteiger partial charge in [-0.1, -0.05) is 17.7 Å². The SMILES string of the molecule is COc1ccc(N(c2ccc(C)cc2)c2ccc(I)cc2)cc1. The Balaban J connectivity index is 2.08. The van der Waals surface area contributed by atoms with Crippen LogP contribution in [0.4, 0.5) is 17.1 Å². The van der Waals surface area contributed by atoms with Crippen LogP contribution >= 0.6 is 22.6 Å². The fraction of sp³-hybridized carbons (Fsp3) is 0.100. The summed E-state index contributed by atoms with van der Waals surface area (Å²) in [6.07, 6.45) is 0. The van der Waals surface area contributed by atoms with Gasteiger partial charge in [0, 0.05) is 20.6 Å². The van der Waals surface area contributed by atoms with Crippen molar-refractivity contribution in [3.05, 3.63) is 81.9 Å². The van der Waals surface area contributed by atoms with E-state index in [1.807, 2.05) is 12.1 Å². The lowest BCUT2D eigenvalue weighted by Gasteiger charge is -2.25. The summed E-state index contributed by atoms with van der Waals surface area (Å²) in [7, 11) is 1.69. The van der Waals surface area contributed by atoms with E-state index in [0.717, 1.165) is 22.8 Å². The second kappa shape index (κ2) is 7.04. The van der Waals surface area contributed by atoms with Gasteiger partial charge >= 0.3 is 0 Å². The lowest BCUT2D eigenvalue weighted by atomic mass is 10.1. The van der Waals surface area contributed by atoms with Gasteiger partial charge in [0.1, 0.15) is 5.75 Å². The maximum atomic E-state index is 5.27. The molecule has 0 aliphatic rings. The third-order valence-electron chi connectivity index (χ3n) is 3.71. The van der Waals surface area contributed by atoms with Crippen molar-refractivity contribution in [3.8, 4) is 5.75 Å². The lowest BCUT2D eigenvalue weighted by molar-refractivity contribution is 0.415. The van der Waals surface area contributed by atoms with Crippen LogP contribution in [-0.4, -0.2) is 7.11 Å². The molecule has 0 saturated heterocycles. The van der Waals surface area contributed by atoms with Crippen LogP contribution in [0, 0.1) is 10.5 Å². The zero-order valence-electron chi connectivity index (χ0n) is 13.2. The summed E-state index contributed by atoms with van der Waals surface area (Å²) in [5, 5.41) is 0. The first kappa shape index (κ1) is 15.9. The third kappa shape index (κ3) is 3.67. The van der Waals surface area contributed by atoms with Crippen LogP contribution < -0.4 is 9.64 Å². The molecule has 3 rings (SSSR count). The molecule has 0 amide bonds. The normalized spacial score (nSPS) is 10.4. The number of anilines is 3. The van der Waals surface area contributed by atoms with E-state index in [-0.39, 0.29) is 0 Å². The molecule has 0 heterocycles. The van der Waals surface area contributed by atoms with Crippen molar-refractivity contribution in [2.45, 2.75) is 6.92 Å². The summed E-state index contributed by atoms with van der Waals surface area (Å²) in [5.41, 5.74) is 4.64. The Kier molecular flexibility index (Phi) is 4.86. The van der Waals surface area contributed by atoms with E-state index in [1.165, 1.54) is 9.13 Å². The summed E-state index contributed by atoms with van der Waals surface area (Å²) in [6, 6.07) is 25.3. The van der Waals surface area contributed by atoms with Crippen molar-refractivity contribution in [1.29, 1.82) is 0 Å². The fourth-order valence-corrected chi connectivity index (χ4v) is 2.82. The first-order valence-corrected chi connectivity index (χ1v) is 8.52.